The van der Waals surface area contributed by atoms with Crippen LogP contribution < -0.4 is 11.5 Å². The third-order valence-electron chi connectivity index (χ3n) is 4.49. The molecule has 1 aromatic carbocycles. The minimum Gasteiger partial charge on any atom is -0.366 e. The summed E-state index contributed by atoms with van der Waals surface area (Å²) in [6.45, 7) is 5.18. The number of sulfonamides is 1. The average molecular weight is 325 g/mol. The number of amides is 1. The van der Waals surface area contributed by atoms with Gasteiger partial charge in [0.05, 0.1) is 4.90 Å². The average Bonchev–Trinajstić information content (AvgIpc) is 2.47. The smallest absolute Gasteiger partial charge is 0.249 e. The highest BCUT2D eigenvalue weighted by molar-refractivity contribution is 7.89. The Bertz CT molecular complexity index is 673. The minimum absolute atomic E-state index is 0.109. The number of nitrogens with two attached hydrogens (primary N) is 2. The van der Waals surface area contributed by atoms with Gasteiger partial charge in [0, 0.05) is 18.7 Å². The Labute approximate surface area is 131 Å². The molecule has 2 rings (SSSR count). The van der Waals surface area contributed by atoms with Crippen LogP contribution in [0.5, 0.6) is 0 Å². The van der Waals surface area contributed by atoms with Crippen molar-refractivity contribution in [3.63, 3.8) is 0 Å². The minimum atomic E-state index is -3.63. The summed E-state index contributed by atoms with van der Waals surface area (Å²) < 4.78 is 27.0. The van der Waals surface area contributed by atoms with Crippen LogP contribution in [0.25, 0.3) is 0 Å². The molecule has 6 nitrogen and oxygen atoms in total. The van der Waals surface area contributed by atoms with Crippen molar-refractivity contribution in [2.75, 3.05) is 19.6 Å². The zero-order valence-corrected chi connectivity index (χ0v) is 13.8. The lowest BCUT2D eigenvalue weighted by Gasteiger charge is -2.35. The number of carbonyl (C=O) groups excluding carboxylic acids is 1. The quantitative estimate of drug-likeness (QED) is 0.849. The molecule has 1 amide bonds. The fourth-order valence-corrected chi connectivity index (χ4v) is 4.36. The maximum Gasteiger partial charge on any atom is 0.249 e. The van der Waals surface area contributed by atoms with Crippen molar-refractivity contribution in [1.29, 1.82) is 0 Å². The van der Waals surface area contributed by atoms with Crippen molar-refractivity contribution in [1.82, 2.24) is 4.31 Å². The number of piperidine rings is 1. The second kappa shape index (κ2) is 6.36. The molecule has 0 saturated carbocycles. The fraction of sp³-hybridized carbons (Fsp3) is 0.533. The maximum atomic E-state index is 12.8. The first-order valence-corrected chi connectivity index (χ1v) is 8.82. The van der Waals surface area contributed by atoms with Gasteiger partial charge in [0.25, 0.3) is 0 Å². The normalized spacial score (nSPS) is 23.4. The fourth-order valence-electron chi connectivity index (χ4n) is 2.82. The second-order valence-corrected chi connectivity index (χ2v) is 7.90. The van der Waals surface area contributed by atoms with E-state index in [1.54, 1.807) is 13.0 Å². The molecule has 1 aromatic rings. The molecule has 0 bridgehead atoms. The third kappa shape index (κ3) is 3.16. The van der Waals surface area contributed by atoms with Gasteiger partial charge in [0.2, 0.25) is 15.9 Å². The molecule has 122 valence electrons. The standard InChI is InChI=1S/C15H23N3O3S/c1-10-5-6-18(9-12(10)8-16)22(20,21)13-4-3-11(2)14(7-13)15(17)19/h3-4,7,10,12H,5-6,8-9,16H2,1-2H3,(H2,17,19). The number of benzene rings is 1. The molecule has 2 atom stereocenters. The van der Waals surface area contributed by atoms with Crippen LogP contribution in [-0.4, -0.2) is 38.3 Å². The van der Waals surface area contributed by atoms with Gasteiger partial charge < -0.3 is 11.5 Å². The van der Waals surface area contributed by atoms with Gasteiger partial charge in [0.15, 0.2) is 0 Å². The topological polar surface area (TPSA) is 106 Å². The summed E-state index contributed by atoms with van der Waals surface area (Å²) in [6, 6.07) is 4.50. The zero-order chi connectivity index (χ0) is 16.5. The molecule has 0 spiro atoms. The Kier molecular flexibility index (Phi) is 4.89. The van der Waals surface area contributed by atoms with Crippen molar-refractivity contribution in [2.24, 2.45) is 23.3 Å². The molecule has 0 aromatic heterocycles. The van der Waals surface area contributed by atoms with Gasteiger partial charge in [-0.1, -0.05) is 13.0 Å². The van der Waals surface area contributed by atoms with Crippen molar-refractivity contribution in [2.45, 2.75) is 25.2 Å². The lowest BCUT2D eigenvalue weighted by molar-refractivity contribution is 0.0999. The van der Waals surface area contributed by atoms with Crippen molar-refractivity contribution in [3.8, 4) is 0 Å². The summed E-state index contributed by atoms with van der Waals surface area (Å²) in [4.78, 5) is 11.5. The Hall–Kier alpha value is -1.44. The predicted octanol–water partition coefficient (Wildman–Crippen LogP) is 0.699. The van der Waals surface area contributed by atoms with Crippen LogP contribution in [0.4, 0.5) is 0 Å². The highest BCUT2D eigenvalue weighted by Crippen LogP contribution is 2.27. The van der Waals surface area contributed by atoms with E-state index in [1.807, 2.05) is 0 Å². The highest BCUT2D eigenvalue weighted by Gasteiger charge is 2.33. The number of carbonyl (C=O) groups is 1. The van der Waals surface area contributed by atoms with E-state index in [1.165, 1.54) is 16.4 Å². The molecule has 2 unspecified atom stereocenters. The molecule has 0 radical (unpaired) electrons. The molecule has 4 N–H and O–H groups in total. The Morgan fingerprint density at radius 1 is 1.41 bits per heavy atom. The van der Waals surface area contributed by atoms with Crippen molar-refractivity contribution >= 4 is 15.9 Å². The van der Waals surface area contributed by atoms with Gasteiger partial charge in [-0.05, 0) is 49.4 Å². The van der Waals surface area contributed by atoms with E-state index in [0.29, 0.717) is 31.1 Å². The zero-order valence-electron chi connectivity index (χ0n) is 13.0. The summed E-state index contributed by atoms with van der Waals surface area (Å²) in [5.74, 6) is -0.0538. The third-order valence-corrected chi connectivity index (χ3v) is 6.35. The molecular weight excluding hydrogens is 302 g/mol. The van der Waals surface area contributed by atoms with E-state index in [9.17, 15) is 13.2 Å². The summed E-state index contributed by atoms with van der Waals surface area (Å²) in [7, 11) is -3.63. The maximum absolute atomic E-state index is 12.8. The van der Waals surface area contributed by atoms with Gasteiger partial charge in [-0.25, -0.2) is 8.42 Å². The van der Waals surface area contributed by atoms with Crippen molar-refractivity contribution in [3.05, 3.63) is 29.3 Å². The summed E-state index contributed by atoms with van der Waals surface area (Å²) >= 11 is 0. The lowest BCUT2D eigenvalue weighted by Crippen LogP contribution is -2.45. The van der Waals surface area contributed by atoms with E-state index in [2.05, 4.69) is 6.92 Å². The molecular formula is C15H23N3O3S. The number of aryl methyl sites for hydroxylation is 1. The van der Waals surface area contributed by atoms with Gasteiger partial charge in [0.1, 0.15) is 0 Å². The van der Waals surface area contributed by atoms with E-state index in [4.69, 9.17) is 11.5 Å². The van der Waals surface area contributed by atoms with Crippen LogP contribution in [0.2, 0.25) is 0 Å². The number of primary amides is 1. The first-order valence-electron chi connectivity index (χ1n) is 7.38. The van der Waals surface area contributed by atoms with Crippen LogP contribution >= 0.6 is 0 Å². The molecule has 22 heavy (non-hydrogen) atoms. The summed E-state index contributed by atoms with van der Waals surface area (Å²) in [5.41, 5.74) is 11.9. The monoisotopic (exact) mass is 325 g/mol. The number of nitrogens with zero attached hydrogens (tertiary/aromatic N) is 1. The first-order chi connectivity index (χ1) is 10.3. The summed E-state index contributed by atoms with van der Waals surface area (Å²) in [5, 5.41) is 0. The molecule has 1 heterocycles. The Balaban J connectivity index is 2.35. The van der Waals surface area contributed by atoms with Crippen LogP contribution in [0, 0.1) is 18.8 Å². The van der Waals surface area contributed by atoms with Crippen LogP contribution in [0.15, 0.2) is 23.1 Å². The molecule has 0 aliphatic carbocycles. The van der Waals surface area contributed by atoms with Crippen LogP contribution in [0.3, 0.4) is 0 Å². The Morgan fingerprint density at radius 3 is 2.68 bits per heavy atom. The van der Waals surface area contributed by atoms with E-state index in [-0.39, 0.29) is 16.4 Å². The summed E-state index contributed by atoms with van der Waals surface area (Å²) in [6.07, 6.45) is 0.787. The van der Waals surface area contributed by atoms with E-state index in [0.717, 1.165) is 6.42 Å². The highest BCUT2D eigenvalue weighted by atomic mass is 32.2. The van der Waals surface area contributed by atoms with Gasteiger partial charge in [-0.2, -0.15) is 4.31 Å². The first kappa shape index (κ1) is 16.9. The van der Waals surface area contributed by atoms with E-state index < -0.39 is 15.9 Å². The van der Waals surface area contributed by atoms with Crippen LogP contribution in [0.1, 0.15) is 29.3 Å². The largest absolute Gasteiger partial charge is 0.366 e. The lowest BCUT2D eigenvalue weighted by atomic mass is 9.88. The van der Waals surface area contributed by atoms with Gasteiger partial charge >= 0.3 is 0 Å². The number of hydrogen-bond acceptors (Lipinski definition) is 4. The number of hydrogen-bond donors (Lipinski definition) is 2. The predicted molar refractivity (Wildman–Crippen MR) is 84.8 cm³/mol. The molecule has 7 heteroatoms. The van der Waals surface area contributed by atoms with Gasteiger partial charge in [-0.3, -0.25) is 4.79 Å². The molecule has 1 aliphatic rings. The SMILES string of the molecule is Cc1ccc(S(=O)(=O)N2CCC(C)C(CN)C2)cc1C(N)=O. The molecule has 1 saturated heterocycles. The Morgan fingerprint density at radius 2 is 2.09 bits per heavy atom. The molecule has 1 fully saturated rings. The van der Waals surface area contributed by atoms with Crippen LogP contribution in [-0.2, 0) is 10.0 Å². The van der Waals surface area contributed by atoms with Crippen molar-refractivity contribution < 1.29 is 13.2 Å². The van der Waals surface area contributed by atoms with E-state index >= 15 is 0 Å². The molecule has 1 aliphatic heterocycles. The van der Waals surface area contributed by atoms with Gasteiger partial charge in [-0.15, -0.1) is 0 Å². The number of rotatable bonds is 4. The second-order valence-electron chi connectivity index (χ2n) is 5.97.